The van der Waals surface area contributed by atoms with Crippen LogP contribution >= 0.6 is 11.6 Å². The highest BCUT2D eigenvalue weighted by Gasteiger charge is 2.36. The molecular weight excluding hydrogens is 457 g/mol. The molecule has 0 saturated carbocycles. The SMILES string of the molecule is O=C(COc1cc(C(F)(F)F)nn1-c1ccccc1Cl)NCC1=CCC2CC=CC=CC2=N1. The summed E-state index contributed by atoms with van der Waals surface area (Å²) in [6, 6.07) is 7.00. The fourth-order valence-electron chi connectivity index (χ4n) is 3.46. The number of carbonyl (C=O) groups is 1. The molecule has 1 aliphatic carbocycles. The lowest BCUT2D eigenvalue weighted by atomic mass is 9.93. The molecule has 2 heterocycles. The number of carbonyl (C=O) groups excluding carboxylic acids is 1. The van der Waals surface area contributed by atoms with Crippen LogP contribution in [0.2, 0.25) is 5.02 Å². The first-order chi connectivity index (χ1) is 15.8. The van der Waals surface area contributed by atoms with Crippen LogP contribution in [0.5, 0.6) is 5.88 Å². The van der Waals surface area contributed by atoms with Crippen LogP contribution in [0.15, 0.2) is 71.4 Å². The molecule has 33 heavy (non-hydrogen) atoms. The van der Waals surface area contributed by atoms with Gasteiger partial charge in [-0.1, -0.05) is 48.0 Å². The van der Waals surface area contributed by atoms with E-state index in [-0.39, 0.29) is 23.1 Å². The second kappa shape index (κ2) is 9.66. The van der Waals surface area contributed by atoms with E-state index >= 15 is 0 Å². The highest BCUT2D eigenvalue weighted by Crippen LogP contribution is 2.33. The highest BCUT2D eigenvalue weighted by molar-refractivity contribution is 6.32. The number of nitrogens with one attached hydrogen (secondary N) is 1. The predicted octanol–water partition coefficient (Wildman–Crippen LogP) is 4.90. The molecule has 4 rings (SSSR count). The maximum atomic E-state index is 13.2. The minimum Gasteiger partial charge on any atom is -0.467 e. The van der Waals surface area contributed by atoms with Gasteiger partial charge in [0.05, 0.1) is 23.0 Å². The molecule has 1 aromatic heterocycles. The average molecular weight is 477 g/mol. The van der Waals surface area contributed by atoms with Gasteiger partial charge in [-0.2, -0.15) is 23.0 Å². The zero-order valence-corrected chi connectivity index (χ0v) is 18.1. The van der Waals surface area contributed by atoms with Crippen LogP contribution in [0, 0.1) is 5.92 Å². The summed E-state index contributed by atoms with van der Waals surface area (Å²) < 4.78 is 45.9. The third kappa shape index (κ3) is 5.54. The Kier molecular flexibility index (Phi) is 6.69. The number of aromatic nitrogens is 2. The number of nitrogens with zero attached hydrogens (tertiary/aromatic N) is 3. The van der Waals surface area contributed by atoms with Gasteiger partial charge in [0, 0.05) is 17.7 Å². The van der Waals surface area contributed by atoms with Gasteiger partial charge in [-0.15, -0.1) is 0 Å². The first-order valence-corrected chi connectivity index (χ1v) is 10.6. The van der Waals surface area contributed by atoms with Crippen molar-refractivity contribution in [3.8, 4) is 11.6 Å². The van der Waals surface area contributed by atoms with Gasteiger partial charge >= 0.3 is 6.18 Å². The molecule has 1 unspecified atom stereocenters. The fraction of sp³-hybridized carbons (Fsp3) is 0.261. The van der Waals surface area contributed by atoms with E-state index in [4.69, 9.17) is 16.3 Å². The molecule has 1 atom stereocenters. The highest BCUT2D eigenvalue weighted by atomic mass is 35.5. The third-order valence-corrected chi connectivity index (χ3v) is 5.45. The minimum absolute atomic E-state index is 0.188. The first-order valence-electron chi connectivity index (χ1n) is 10.2. The molecule has 6 nitrogen and oxygen atoms in total. The molecule has 0 fully saturated rings. The van der Waals surface area contributed by atoms with E-state index < -0.39 is 24.4 Å². The number of benzene rings is 1. The van der Waals surface area contributed by atoms with Crippen LogP contribution in [-0.4, -0.2) is 34.6 Å². The summed E-state index contributed by atoms with van der Waals surface area (Å²) in [5.74, 6) is -0.422. The molecule has 1 aromatic carbocycles. The second-order valence-electron chi connectivity index (χ2n) is 7.48. The number of allylic oxidation sites excluding steroid dienone is 5. The molecule has 10 heteroatoms. The van der Waals surface area contributed by atoms with E-state index in [1.807, 2.05) is 24.3 Å². The molecule has 0 saturated heterocycles. The lowest BCUT2D eigenvalue weighted by molar-refractivity contribution is -0.141. The molecular formula is C23H20ClF3N4O2. The Morgan fingerprint density at radius 2 is 2.06 bits per heavy atom. The standard InChI is InChI=1S/C23H20ClF3N4O2/c24-17-7-4-5-9-19(17)31-22(12-20(30-31)23(25,26)27)33-14-21(32)28-13-16-11-10-15-6-2-1-3-8-18(15)29-16/h1-5,7-9,11-12,15H,6,10,13-14H2,(H,28,32). The molecule has 172 valence electrons. The average Bonchev–Trinajstić information content (AvgIpc) is 3.08. The van der Waals surface area contributed by atoms with Crippen LogP contribution in [0.1, 0.15) is 18.5 Å². The Morgan fingerprint density at radius 3 is 2.85 bits per heavy atom. The lowest BCUT2D eigenvalue weighted by Gasteiger charge is -2.19. The van der Waals surface area contributed by atoms with Crippen LogP contribution < -0.4 is 10.1 Å². The van der Waals surface area contributed by atoms with E-state index in [0.29, 0.717) is 5.92 Å². The van der Waals surface area contributed by atoms with Crippen LogP contribution in [0.3, 0.4) is 0 Å². The van der Waals surface area contributed by atoms with Gasteiger partial charge in [0.1, 0.15) is 0 Å². The second-order valence-corrected chi connectivity index (χ2v) is 7.89. The topological polar surface area (TPSA) is 68.5 Å². The zero-order chi connectivity index (χ0) is 23.4. The maximum Gasteiger partial charge on any atom is 0.435 e. The summed E-state index contributed by atoms with van der Waals surface area (Å²) in [5.41, 5.74) is 0.739. The summed E-state index contributed by atoms with van der Waals surface area (Å²) in [6.45, 7) is -0.305. The molecule has 1 amide bonds. The van der Waals surface area contributed by atoms with E-state index in [0.717, 1.165) is 35.0 Å². The summed E-state index contributed by atoms with van der Waals surface area (Å²) in [7, 11) is 0. The Morgan fingerprint density at radius 1 is 1.24 bits per heavy atom. The van der Waals surface area contributed by atoms with Gasteiger partial charge in [0.15, 0.2) is 12.3 Å². The van der Waals surface area contributed by atoms with Crippen LogP contribution in [0.25, 0.3) is 5.69 Å². The number of aliphatic imine (C=N–C) groups is 1. The molecule has 2 aromatic rings. The Labute approximate surface area is 193 Å². The number of amides is 1. The number of hydrogen-bond donors (Lipinski definition) is 1. The summed E-state index contributed by atoms with van der Waals surface area (Å²) in [4.78, 5) is 16.9. The number of halogens is 4. The van der Waals surface area contributed by atoms with E-state index in [2.05, 4.69) is 21.5 Å². The van der Waals surface area contributed by atoms with Crippen molar-refractivity contribution in [1.82, 2.24) is 15.1 Å². The van der Waals surface area contributed by atoms with Crippen molar-refractivity contribution in [3.63, 3.8) is 0 Å². The Hall–Kier alpha value is -3.33. The molecule has 2 aliphatic rings. The van der Waals surface area contributed by atoms with E-state index in [9.17, 15) is 18.0 Å². The molecule has 1 N–H and O–H groups in total. The number of alkyl halides is 3. The van der Waals surface area contributed by atoms with Crippen molar-refractivity contribution >= 4 is 23.2 Å². The van der Waals surface area contributed by atoms with Crippen molar-refractivity contribution in [3.05, 3.63) is 77.1 Å². The van der Waals surface area contributed by atoms with Crippen molar-refractivity contribution in [2.24, 2.45) is 10.9 Å². The molecule has 0 spiro atoms. The third-order valence-electron chi connectivity index (χ3n) is 5.13. The number of hydrogen-bond acceptors (Lipinski definition) is 4. The van der Waals surface area contributed by atoms with Crippen molar-refractivity contribution in [2.75, 3.05) is 13.2 Å². The Balaban J connectivity index is 1.41. The molecule has 1 aliphatic heterocycles. The summed E-state index contributed by atoms with van der Waals surface area (Å²) in [6.07, 6.45) is 7.01. The monoisotopic (exact) mass is 476 g/mol. The van der Waals surface area contributed by atoms with Gasteiger partial charge in [-0.25, -0.2) is 0 Å². The number of ether oxygens (including phenoxy) is 1. The normalized spacial score (nSPS) is 17.6. The van der Waals surface area contributed by atoms with E-state index in [1.54, 1.807) is 12.1 Å². The zero-order valence-electron chi connectivity index (χ0n) is 17.3. The lowest BCUT2D eigenvalue weighted by Crippen LogP contribution is -2.31. The number of rotatable bonds is 6. The van der Waals surface area contributed by atoms with Gasteiger partial charge < -0.3 is 10.1 Å². The number of fused-ring (bicyclic) bond motifs is 1. The Bertz CT molecular complexity index is 1160. The molecule has 0 radical (unpaired) electrons. The summed E-state index contributed by atoms with van der Waals surface area (Å²) in [5, 5.41) is 6.44. The first kappa shape index (κ1) is 22.8. The van der Waals surface area contributed by atoms with Crippen LogP contribution in [0.4, 0.5) is 13.2 Å². The van der Waals surface area contributed by atoms with Crippen molar-refractivity contribution in [1.29, 1.82) is 0 Å². The quantitative estimate of drug-likeness (QED) is 0.644. The molecule has 0 bridgehead atoms. The van der Waals surface area contributed by atoms with Crippen molar-refractivity contribution in [2.45, 2.75) is 19.0 Å². The van der Waals surface area contributed by atoms with Gasteiger partial charge in [-0.05, 0) is 31.1 Å². The van der Waals surface area contributed by atoms with Crippen LogP contribution in [-0.2, 0) is 11.0 Å². The van der Waals surface area contributed by atoms with Gasteiger partial charge in [0.2, 0.25) is 5.88 Å². The smallest absolute Gasteiger partial charge is 0.435 e. The van der Waals surface area contributed by atoms with Crippen molar-refractivity contribution < 1.29 is 22.7 Å². The predicted molar refractivity (Wildman–Crippen MR) is 119 cm³/mol. The number of para-hydroxylation sites is 1. The minimum atomic E-state index is -4.68. The maximum absolute atomic E-state index is 13.2. The fourth-order valence-corrected chi connectivity index (χ4v) is 3.68. The van der Waals surface area contributed by atoms with Gasteiger partial charge in [-0.3, -0.25) is 9.79 Å². The summed E-state index contributed by atoms with van der Waals surface area (Å²) >= 11 is 6.11. The largest absolute Gasteiger partial charge is 0.467 e. The van der Waals surface area contributed by atoms with E-state index in [1.165, 1.54) is 12.1 Å². The van der Waals surface area contributed by atoms with Gasteiger partial charge in [0.25, 0.3) is 5.91 Å².